The van der Waals surface area contributed by atoms with Crippen LogP contribution in [0.25, 0.3) is 17.2 Å². The molecule has 0 spiro atoms. The molecule has 2 aromatic rings. The van der Waals surface area contributed by atoms with E-state index in [1.54, 1.807) is 37.4 Å². The number of primary amides is 1. The molecule has 0 unspecified atom stereocenters. The number of nitrogens with zero attached hydrogens (tertiary/aromatic N) is 1. The van der Waals surface area contributed by atoms with E-state index in [-0.39, 0.29) is 16.7 Å². The minimum atomic E-state index is -0.828. The molecule has 2 rings (SSSR count). The second-order valence-corrected chi connectivity index (χ2v) is 5.64. The van der Waals surface area contributed by atoms with E-state index in [2.05, 4.69) is 0 Å². The molecule has 130 valence electrons. The lowest BCUT2D eigenvalue weighted by Gasteiger charge is -2.15. The van der Waals surface area contributed by atoms with Crippen molar-refractivity contribution in [1.82, 2.24) is 4.57 Å². The van der Waals surface area contributed by atoms with E-state index >= 15 is 0 Å². The average molecular weight is 340 g/mol. The van der Waals surface area contributed by atoms with E-state index in [4.69, 9.17) is 5.73 Å². The van der Waals surface area contributed by atoms with Crippen LogP contribution in [0.1, 0.15) is 35.3 Å². The van der Waals surface area contributed by atoms with Crippen molar-refractivity contribution in [2.24, 2.45) is 5.73 Å². The van der Waals surface area contributed by atoms with Crippen molar-refractivity contribution >= 4 is 12.0 Å². The molecule has 0 radical (unpaired) electrons. The number of amides is 1. The van der Waals surface area contributed by atoms with Crippen LogP contribution in [0.5, 0.6) is 0 Å². The van der Waals surface area contributed by atoms with Crippen LogP contribution < -0.4 is 11.3 Å². The molecule has 1 heterocycles. The molecular weight excluding hydrogens is 319 g/mol. The summed E-state index contributed by atoms with van der Waals surface area (Å²) in [4.78, 5) is 24.0. The van der Waals surface area contributed by atoms with Gasteiger partial charge >= 0.3 is 0 Å². The smallest absolute Gasteiger partial charge is 0.254 e. The van der Waals surface area contributed by atoms with Crippen LogP contribution in [0, 0.1) is 12.7 Å². The first kappa shape index (κ1) is 18.4. The second kappa shape index (κ2) is 7.75. The van der Waals surface area contributed by atoms with Crippen LogP contribution in [0.15, 0.2) is 47.4 Å². The maximum absolute atomic E-state index is 14.8. The molecule has 0 bridgehead atoms. The third-order valence-corrected chi connectivity index (χ3v) is 3.99. The summed E-state index contributed by atoms with van der Waals surface area (Å²) in [6.07, 6.45) is 8.86. The van der Waals surface area contributed by atoms with Gasteiger partial charge in [0.25, 0.3) is 11.5 Å². The Bertz CT molecular complexity index is 924. The van der Waals surface area contributed by atoms with Crippen molar-refractivity contribution in [3.8, 4) is 11.1 Å². The Morgan fingerprint density at radius 1 is 1.24 bits per heavy atom. The molecule has 4 nitrogen and oxygen atoms in total. The van der Waals surface area contributed by atoms with Crippen molar-refractivity contribution < 1.29 is 9.18 Å². The number of benzene rings is 1. The number of hydrogen-bond donors (Lipinski definition) is 1. The Hall–Kier alpha value is -2.95. The molecule has 1 aromatic heterocycles. The predicted molar refractivity (Wildman–Crippen MR) is 98.9 cm³/mol. The summed E-state index contributed by atoms with van der Waals surface area (Å²) in [5.41, 5.74) is 6.87. The van der Waals surface area contributed by atoms with Gasteiger partial charge in [0, 0.05) is 29.4 Å². The fourth-order valence-corrected chi connectivity index (χ4v) is 2.70. The van der Waals surface area contributed by atoms with Crippen LogP contribution in [0.4, 0.5) is 4.39 Å². The molecule has 5 heteroatoms. The third-order valence-electron chi connectivity index (χ3n) is 3.99. The number of carbonyl (C=O) groups excluding carboxylic acids is 1. The van der Waals surface area contributed by atoms with E-state index < -0.39 is 11.7 Å². The Labute approximate surface area is 146 Å². The Kier molecular flexibility index (Phi) is 5.70. The zero-order chi connectivity index (χ0) is 18.6. The monoisotopic (exact) mass is 340 g/mol. The number of nitrogens with two attached hydrogens (primary N) is 1. The minimum absolute atomic E-state index is 0.138. The fraction of sp³-hybridized carbons (Fsp3) is 0.200. The molecule has 1 amide bonds. The van der Waals surface area contributed by atoms with Crippen LogP contribution in [0.3, 0.4) is 0 Å². The van der Waals surface area contributed by atoms with Gasteiger partial charge in [-0.25, -0.2) is 4.39 Å². The first-order valence-corrected chi connectivity index (χ1v) is 7.98. The summed E-state index contributed by atoms with van der Waals surface area (Å²) in [6, 6.07) is 4.50. The molecule has 1 aromatic carbocycles. The van der Waals surface area contributed by atoms with Crippen molar-refractivity contribution in [2.75, 3.05) is 0 Å². The van der Waals surface area contributed by atoms with Crippen LogP contribution >= 0.6 is 0 Å². The highest BCUT2D eigenvalue weighted by molar-refractivity contribution is 5.95. The molecule has 2 N–H and O–H groups in total. The molecule has 25 heavy (non-hydrogen) atoms. The first-order valence-electron chi connectivity index (χ1n) is 7.98. The number of halogens is 1. The van der Waals surface area contributed by atoms with Crippen molar-refractivity contribution in [1.29, 1.82) is 0 Å². The zero-order valence-electron chi connectivity index (χ0n) is 14.5. The Balaban J connectivity index is 2.84. The molecule has 0 aliphatic carbocycles. The lowest BCUT2D eigenvalue weighted by Crippen LogP contribution is -2.23. The average Bonchev–Trinajstić information content (AvgIpc) is 2.59. The van der Waals surface area contributed by atoms with Gasteiger partial charge in [0.15, 0.2) is 0 Å². The van der Waals surface area contributed by atoms with Gasteiger partial charge in [-0.05, 0) is 32.4 Å². The Morgan fingerprint density at radius 3 is 2.56 bits per heavy atom. The van der Waals surface area contributed by atoms with Crippen LogP contribution in [-0.2, 0) is 6.54 Å². The molecule has 0 fully saturated rings. The maximum atomic E-state index is 14.8. The highest BCUT2D eigenvalue weighted by atomic mass is 19.1. The number of allylic oxidation sites excluding steroid dienone is 3. The van der Waals surface area contributed by atoms with Crippen molar-refractivity contribution in [2.45, 2.75) is 27.3 Å². The van der Waals surface area contributed by atoms with E-state index in [0.29, 0.717) is 23.2 Å². The normalized spacial score (nSPS) is 11.5. The van der Waals surface area contributed by atoms with Gasteiger partial charge in [0.2, 0.25) is 0 Å². The standard InChI is InChI=1S/C20H21FN2O2/c1-4-6-11-23-12-17(14(8-5-2)13(3)20(23)25)15-9-7-10-16(18(15)21)19(22)24/h4-10,12H,11H2,1-3H3,(H2,22,24)/b6-4+,8-5-. The lowest BCUT2D eigenvalue weighted by molar-refractivity contribution is 0.0996. The van der Waals surface area contributed by atoms with Gasteiger partial charge < -0.3 is 10.3 Å². The number of aromatic nitrogens is 1. The molecule has 0 saturated heterocycles. The largest absolute Gasteiger partial charge is 0.366 e. The van der Waals surface area contributed by atoms with E-state index in [1.165, 1.54) is 10.6 Å². The van der Waals surface area contributed by atoms with Gasteiger partial charge in [-0.1, -0.05) is 36.4 Å². The summed E-state index contributed by atoms with van der Waals surface area (Å²) in [7, 11) is 0. The van der Waals surface area contributed by atoms with Gasteiger partial charge in [-0.2, -0.15) is 0 Å². The molecule has 0 aliphatic heterocycles. The second-order valence-electron chi connectivity index (χ2n) is 5.64. The van der Waals surface area contributed by atoms with Gasteiger partial charge in [-0.3, -0.25) is 9.59 Å². The topological polar surface area (TPSA) is 65.1 Å². The minimum Gasteiger partial charge on any atom is -0.366 e. The van der Waals surface area contributed by atoms with Crippen molar-refractivity contribution in [3.63, 3.8) is 0 Å². The number of pyridine rings is 1. The van der Waals surface area contributed by atoms with Gasteiger partial charge in [0.05, 0.1) is 5.56 Å². The van der Waals surface area contributed by atoms with Gasteiger partial charge in [0.1, 0.15) is 5.82 Å². The molecular formula is C20H21FN2O2. The lowest BCUT2D eigenvalue weighted by atomic mass is 9.95. The summed E-state index contributed by atoms with van der Waals surface area (Å²) in [5.74, 6) is -1.51. The van der Waals surface area contributed by atoms with Gasteiger partial charge in [-0.15, -0.1) is 0 Å². The summed E-state index contributed by atoms with van der Waals surface area (Å²) in [5, 5.41) is 0. The highest BCUT2D eigenvalue weighted by Crippen LogP contribution is 2.29. The number of hydrogen-bond acceptors (Lipinski definition) is 2. The summed E-state index contributed by atoms with van der Waals surface area (Å²) < 4.78 is 16.3. The first-order chi connectivity index (χ1) is 11.9. The number of carbonyl (C=O) groups is 1. The fourth-order valence-electron chi connectivity index (χ4n) is 2.70. The summed E-state index contributed by atoms with van der Waals surface area (Å²) in [6.45, 7) is 5.79. The third kappa shape index (κ3) is 3.60. The predicted octanol–water partition coefficient (Wildman–Crippen LogP) is 3.67. The molecule has 0 aliphatic rings. The van der Waals surface area contributed by atoms with Crippen LogP contribution in [-0.4, -0.2) is 10.5 Å². The Morgan fingerprint density at radius 2 is 1.96 bits per heavy atom. The SMILES string of the molecule is C/C=C\c1c(-c2cccc(C(N)=O)c2F)cn(C/C=C/C)c(=O)c1C. The van der Waals surface area contributed by atoms with Crippen molar-refractivity contribution in [3.05, 3.63) is 75.5 Å². The van der Waals surface area contributed by atoms with E-state index in [1.807, 2.05) is 26.0 Å². The summed E-state index contributed by atoms with van der Waals surface area (Å²) >= 11 is 0. The van der Waals surface area contributed by atoms with E-state index in [0.717, 1.165) is 0 Å². The quantitative estimate of drug-likeness (QED) is 0.844. The van der Waals surface area contributed by atoms with E-state index in [9.17, 15) is 14.0 Å². The molecule has 0 saturated carbocycles. The number of rotatable bonds is 5. The van der Waals surface area contributed by atoms with Crippen LogP contribution in [0.2, 0.25) is 0 Å². The molecule has 0 atom stereocenters. The zero-order valence-corrected chi connectivity index (χ0v) is 14.5. The maximum Gasteiger partial charge on any atom is 0.254 e. The highest BCUT2D eigenvalue weighted by Gasteiger charge is 2.18.